The van der Waals surface area contributed by atoms with Crippen molar-refractivity contribution in [2.45, 2.75) is 31.4 Å². The summed E-state index contributed by atoms with van der Waals surface area (Å²) in [5, 5.41) is 13.6. The van der Waals surface area contributed by atoms with Crippen molar-refractivity contribution >= 4 is 22.4 Å². The molecule has 1 fully saturated rings. The third kappa shape index (κ3) is 3.48. The molecule has 3 heterocycles. The average molecular weight is 405 g/mol. The fourth-order valence-corrected chi connectivity index (χ4v) is 5.40. The van der Waals surface area contributed by atoms with E-state index in [2.05, 4.69) is 56.4 Å². The second-order valence-corrected chi connectivity index (χ2v) is 8.79. The first kappa shape index (κ1) is 18.5. The Bertz CT molecular complexity index is 1120. The molecule has 3 atom stereocenters. The smallest absolute Gasteiger partial charge is 0.144 e. The summed E-state index contributed by atoms with van der Waals surface area (Å²) in [6.45, 7) is 0.520. The molecule has 3 aromatic heterocycles. The van der Waals surface area contributed by atoms with Crippen LogP contribution in [0, 0.1) is 5.92 Å². The first-order chi connectivity index (χ1) is 14.2. The number of nitrogens with zero attached hydrogens (tertiary/aromatic N) is 3. The molecule has 0 saturated heterocycles. The number of rotatable bonds is 5. The van der Waals surface area contributed by atoms with Gasteiger partial charge >= 0.3 is 0 Å². The summed E-state index contributed by atoms with van der Waals surface area (Å²) in [5.74, 6) is 0.155. The fraction of sp³-hybridized carbons (Fsp3) is 0.304. The van der Waals surface area contributed by atoms with E-state index in [1.165, 1.54) is 16.0 Å². The largest absolute Gasteiger partial charge is 0.393 e. The topological polar surface area (TPSA) is 77.0 Å². The van der Waals surface area contributed by atoms with E-state index in [0.717, 1.165) is 35.9 Å². The van der Waals surface area contributed by atoms with Crippen LogP contribution in [0.3, 0.4) is 0 Å². The van der Waals surface area contributed by atoms with Crippen LogP contribution in [0.1, 0.15) is 30.0 Å². The molecule has 0 bridgehead atoms. The van der Waals surface area contributed by atoms with E-state index in [1.807, 2.05) is 12.3 Å². The van der Waals surface area contributed by atoms with Gasteiger partial charge in [-0.2, -0.15) is 0 Å². The lowest BCUT2D eigenvalue weighted by atomic mass is 10.1. The maximum Gasteiger partial charge on any atom is 0.144 e. The number of hydrogen-bond acceptors (Lipinski definition) is 5. The number of fused-ring (bicyclic) bond motifs is 1. The van der Waals surface area contributed by atoms with E-state index in [4.69, 9.17) is 5.73 Å². The van der Waals surface area contributed by atoms with Crippen LogP contribution in [0.4, 0.5) is 0 Å². The standard InChI is InChI=1S/C23H24N4OS/c24-10-17-8-18(9-21(17)28)27-12-20(19-11-25-14-26-23(19)27)22-7-16(13-29-22)6-15-4-2-1-3-5-15/h1-5,7,11-14,17-18,21,28H,6,8-10,24H2/t17-,18-,21+/m1/s1. The Morgan fingerprint density at radius 1 is 1.17 bits per heavy atom. The summed E-state index contributed by atoms with van der Waals surface area (Å²) >= 11 is 1.76. The van der Waals surface area contributed by atoms with Gasteiger partial charge in [-0.1, -0.05) is 30.3 Å². The molecule has 1 saturated carbocycles. The summed E-state index contributed by atoms with van der Waals surface area (Å²) in [7, 11) is 0. The Balaban J connectivity index is 1.50. The highest BCUT2D eigenvalue weighted by Gasteiger charge is 2.34. The molecule has 1 aliphatic rings. The Kier molecular flexibility index (Phi) is 4.91. The van der Waals surface area contributed by atoms with Crippen molar-refractivity contribution in [3.8, 4) is 10.4 Å². The monoisotopic (exact) mass is 404 g/mol. The lowest BCUT2D eigenvalue weighted by Gasteiger charge is -2.12. The molecule has 148 valence electrons. The minimum Gasteiger partial charge on any atom is -0.393 e. The number of thiophene rings is 1. The summed E-state index contributed by atoms with van der Waals surface area (Å²) in [5.41, 5.74) is 10.6. The zero-order valence-electron chi connectivity index (χ0n) is 16.1. The molecule has 4 aromatic rings. The van der Waals surface area contributed by atoms with Crippen molar-refractivity contribution in [1.29, 1.82) is 0 Å². The minimum atomic E-state index is -0.341. The second-order valence-electron chi connectivity index (χ2n) is 7.88. The molecule has 5 nitrogen and oxygen atoms in total. The van der Waals surface area contributed by atoms with Crippen LogP contribution < -0.4 is 5.73 Å². The Hall–Kier alpha value is -2.54. The average Bonchev–Trinajstić information content (AvgIpc) is 3.45. The SMILES string of the molecule is NC[C@H]1C[C@@H](n2cc(-c3cc(Cc4ccccc4)cs3)c3cncnc32)C[C@@H]1O. The van der Waals surface area contributed by atoms with Crippen molar-refractivity contribution < 1.29 is 5.11 Å². The van der Waals surface area contributed by atoms with Crippen LogP contribution in [-0.2, 0) is 6.42 Å². The molecule has 0 spiro atoms. The predicted octanol–water partition coefficient (Wildman–Crippen LogP) is 4.02. The van der Waals surface area contributed by atoms with Crippen LogP contribution in [0.2, 0.25) is 0 Å². The van der Waals surface area contributed by atoms with Gasteiger partial charge in [0.25, 0.3) is 0 Å². The molecular weight excluding hydrogens is 380 g/mol. The van der Waals surface area contributed by atoms with Crippen LogP contribution >= 0.6 is 11.3 Å². The van der Waals surface area contributed by atoms with E-state index in [-0.39, 0.29) is 18.1 Å². The number of aliphatic hydroxyl groups is 1. The first-order valence-corrected chi connectivity index (χ1v) is 10.9. The van der Waals surface area contributed by atoms with Gasteiger partial charge in [0.1, 0.15) is 12.0 Å². The van der Waals surface area contributed by atoms with Crippen molar-refractivity contribution in [2.75, 3.05) is 6.54 Å². The van der Waals surface area contributed by atoms with Gasteiger partial charge in [0.05, 0.1) is 6.10 Å². The quantitative estimate of drug-likeness (QED) is 0.527. The van der Waals surface area contributed by atoms with Crippen molar-refractivity contribution in [3.05, 3.63) is 71.6 Å². The number of aromatic nitrogens is 3. The van der Waals surface area contributed by atoms with Crippen molar-refractivity contribution in [2.24, 2.45) is 11.7 Å². The highest BCUT2D eigenvalue weighted by atomic mass is 32.1. The Morgan fingerprint density at radius 2 is 2.03 bits per heavy atom. The zero-order chi connectivity index (χ0) is 19.8. The molecule has 1 aliphatic carbocycles. The number of nitrogens with two attached hydrogens (primary N) is 1. The van der Waals surface area contributed by atoms with Gasteiger partial charge in [-0.25, -0.2) is 9.97 Å². The van der Waals surface area contributed by atoms with Gasteiger partial charge in [-0.3, -0.25) is 0 Å². The fourth-order valence-electron chi connectivity index (χ4n) is 4.46. The summed E-state index contributed by atoms with van der Waals surface area (Å²) in [6, 6.07) is 13.0. The molecule has 29 heavy (non-hydrogen) atoms. The third-order valence-electron chi connectivity index (χ3n) is 5.99. The predicted molar refractivity (Wildman–Crippen MR) is 117 cm³/mol. The Morgan fingerprint density at radius 3 is 2.83 bits per heavy atom. The Labute approximate surface area is 173 Å². The van der Waals surface area contributed by atoms with E-state index in [1.54, 1.807) is 17.7 Å². The van der Waals surface area contributed by atoms with Gasteiger partial charge in [0.2, 0.25) is 0 Å². The molecule has 6 heteroatoms. The molecule has 1 aromatic carbocycles. The van der Waals surface area contributed by atoms with Crippen LogP contribution in [0.15, 0.2) is 60.5 Å². The van der Waals surface area contributed by atoms with Gasteiger partial charge < -0.3 is 15.4 Å². The maximum absolute atomic E-state index is 10.3. The van der Waals surface area contributed by atoms with E-state index in [0.29, 0.717) is 6.54 Å². The summed E-state index contributed by atoms with van der Waals surface area (Å²) in [6.07, 6.45) is 7.88. The minimum absolute atomic E-state index is 0.155. The molecule has 5 rings (SSSR count). The highest BCUT2D eigenvalue weighted by molar-refractivity contribution is 7.13. The summed E-state index contributed by atoms with van der Waals surface area (Å²) < 4.78 is 2.22. The van der Waals surface area contributed by atoms with Gasteiger partial charge in [0, 0.05) is 34.3 Å². The first-order valence-electron chi connectivity index (χ1n) is 10.0. The van der Waals surface area contributed by atoms with Crippen LogP contribution in [-0.4, -0.2) is 32.3 Å². The highest BCUT2D eigenvalue weighted by Crippen LogP contribution is 2.40. The third-order valence-corrected chi connectivity index (χ3v) is 7.01. The van der Waals surface area contributed by atoms with E-state index < -0.39 is 0 Å². The lowest BCUT2D eigenvalue weighted by molar-refractivity contribution is 0.135. The van der Waals surface area contributed by atoms with Crippen molar-refractivity contribution in [3.63, 3.8) is 0 Å². The molecule has 0 amide bonds. The van der Waals surface area contributed by atoms with Crippen molar-refractivity contribution in [1.82, 2.24) is 14.5 Å². The number of hydrogen-bond donors (Lipinski definition) is 2. The van der Waals surface area contributed by atoms with E-state index >= 15 is 0 Å². The number of benzene rings is 1. The zero-order valence-corrected chi connectivity index (χ0v) is 16.9. The van der Waals surface area contributed by atoms with Gasteiger partial charge in [-0.15, -0.1) is 11.3 Å². The van der Waals surface area contributed by atoms with Gasteiger partial charge in [-0.05, 0) is 54.3 Å². The maximum atomic E-state index is 10.3. The van der Waals surface area contributed by atoms with E-state index in [9.17, 15) is 5.11 Å². The van der Waals surface area contributed by atoms with Crippen LogP contribution in [0.25, 0.3) is 21.5 Å². The normalized spacial score (nSPS) is 21.8. The molecule has 3 N–H and O–H groups in total. The summed E-state index contributed by atoms with van der Waals surface area (Å²) in [4.78, 5) is 10.1. The van der Waals surface area contributed by atoms with Crippen LogP contribution in [0.5, 0.6) is 0 Å². The number of aliphatic hydroxyl groups excluding tert-OH is 1. The molecule has 0 aliphatic heterocycles. The molecule has 0 radical (unpaired) electrons. The van der Waals surface area contributed by atoms with Gasteiger partial charge in [0.15, 0.2) is 0 Å². The molecule has 0 unspecified atom stereocenters. The lowest BCUT2D eigenvalue weighted by Crippen LogP contribution is -2.21. The second kappa shape index (κ2) is 7.71. The molecular formula is C23H24N4OS.